The number of hydrogen-bond donors (Lipinski definition) is 0. The smallest absolute Gasteiger partial charge is 0.246 e. The summed E-state index contributed by atoms with van der Waals surface area (Å²) in [4.78, 5) is 43.1. The van der Waals surface area contributed by atoms with E-state index in [-0.39, 0.29) is 23.9 Å². The van der Waals surface area contributed by atoms with Gasteiger partial charge in [-0.15, -0.1) is 0 Å². The van der Waals surface area contributed by atoms with Gasteiger partial charge in [-0.3, -0.25) is 19.5 Å². The number of amides is 2. The van der Waals surface area contributed by atoms with Crippen molar-refractivity contribution in [2.45, 2.75) is 58.5 Å². The second kappa shape index (κ2) is 12.8. The summed E-state index contributed by atoms with van der Waals surface area (Å²) in [5.74, 6) is 2.11. The number of rotatable bonds is 8. The van der Waals surface area contributed by atoms with Crippen molar-refractivity contribution in [3.8, 4) is 0 Å². The number of piperazine rings is 1. The molecule has 4 rings (SSSR count). The van der Waals surface area contributed by atoms with Gasteiger partial charge in [-0.25, -0.2) is 4.98 Å². The number of pyridine rings is 1. The number of aliphatic imine (C=N–C) groups is 1. The van der Waals surface area contributed by atoms with Gasteiger partial charge < -0.3 is 14.7 Å². The Morgan fingerprint density at radius 1 is 1.26 bits per heavy atom. The third-order valence-electron chi connectivity index (χ3n) is 8.17. The lowest BCUT2D eigenvalue weighted by Crippen LogP contribution is -2.55. The van der Waals surface area contributed by atoms with Crippen molar-refractivity contribution in [3.05, 3.63) is 53.1 Å². The minimum Gasteiger partial charge on any atom is -0.355 e. The second-order valence-electron chi connectivity index (χ2n) is 10.4. The zero-order valence-electron chi connectivity index (χ0n) is 23.6. The lowest BCUT2D eigenvalue weighted by Gasteiger charge is -2.42. The van der Waals surface area contributed by atoms with Gasteiger partial charge in [-0.2, -0.15) is 0 Å². The Labute approximate surface area is 237 Å². The van der Waals surface area contributed by atoms with Gasteiger partial charge >= 0.3 is 0 Å². The van der Waals surface area contributed by atoms with E-state index < -0.39 is 0 Å². The lowest BCUT2D eigenvalue weighted by atomic mass is 9.84. The van der Waals surface area contributed by atoms with E-state index in [0.717, 1.165) is 56.6 Å². The van der Waals surface area contributed by atoms with Crippen LogP contribution >= 0.6 is 11.6 Å². The average Bonchev–Trinajstić information content (AvgIpc) is 3.49. The number of allylic oxidation sites excluding steroid dienone is 2. The number of anilines is 2. The zero-order chi connectivity index (χ0) is 28.1. The van der Waals surface area contributed by atoms with E-state index in [9.17, 15) is 9.59 Å². The molecule has 39 heavy (non-hydrogen) atoms. The largest absolute Gasteiger partial charge is 0.355 e. The second-order valence-corrected chi connectivity index (χ2v) is 10.9. The molecule has 1 aromatic rings. The highest BCUT2D eigenvalue weighted by Crippen LogP contribution is 2.37. The van der Waals surface area contributed by atoms with E-state index in [0.29, 0.717) is 36.3 Å². The Kier molecular flexibility index (Phi) is 9.49. The molecule has 0 aromatic carbocycles. The molecule has 1 aromatic heterocycles. The normalized spacial score (nSPS) is 23.6. The van der Waals surface area contributed by atoms with Crippen LogP contribution in [-0.4, -0.2) is 84.8 Å². The van der Waals surface area contributed by atoms with Crippen LogP contribution in [0, 0.1) is 5.92 Å². The molecule has 3 atom stereocenters. The Balaban J connectivity index is 1.83. The van der Waals surface area contributed by atoms with Crippen LogP contribution in [0.1, 0.15) is 52.0 Å². The molecule has 2 saturated heterocycles. The van der Waals surface area contributed by atoms with Crippen LogP contribution in [-0.2, 0) is 9.59 Å². The predicted molar refractivity (Wildman–Crippen MR) is 160 cm³/mol. The van der Waals surface area contributed by atoms with E-state index >= 15 is 0 Å². The van der Waals surface area contributed by atoms with Crippen molar-refractivity contribution in [2.75, 3.05) is 49.6 Å². The summed E-state index contributed by atoms with van der Waals surface area (Å²) in [6, 6.07) is 1.79. The first-order valence-corrected chi connectivity index (χ1v) is 14.5. The molecule has 0 radical (unpaired) electrons. The van der Waals surface area contributed by atoms with Gasteiger partial charge in [0.25, 0.3) is 0 Å². The van der Waals surface area contributed by atoms with Gasteiger partial charge in [0.2, 0.25) is 12.3 Å². The van der Waals surface area contributed by atoms with Crippen LogP contribution in [0.15, 0.2) is 47.5 Å². The quantitative estimate of drug-likeness (QED) is 0.202. The summed E-state index contributed by atoms with van der Waals surface area (Å²) in [6.45, 7) is 13.5. The highest BCUT2D eigenvalue weighted by atomic mass is 35.5. The minimum absolute atomic E-state index is 0.00279. The van der Waals surface area contributed by atoms with Gasteiger partial charge in [-0.1, -0.05) is 50.3 Å². The monoisotopic (exact) mass is 552 g/mol. The molecule has 2 fully saturated rings. The fraction of sp³-hybridized carbons (Fsp3) is 0.533. The highest BCUT2D eigenvalue weighted by molar-refractivity contribution is 6.33. The van der Waals surface area contributed by atoms with Crippen molar-refractivity contribution in [1.29, 1.82) is 0 Å². The molecule has 2 amide bonds. The maximum absolute atomic E-state index is 13.0. The third-order valence-corrected chi connectivity index (χ3v) is 8.45. The van der Waals surface area contributed by atoms with Crippen molar-refractivity contribution in [3.63, 3.8) is 0 Å². The first-order valence-electron chi connectivity index (χ1n) is 14.1. The van der Waals surface area contributed by atoms with Crippen molar-refractivity contribution < 1.29 is 9.59 Å². The molecule has 3 aliphatic rings. The number of halogens is 1. The highest BCUT2D eigenvalue weighted by Gasteiger charge is 2.36. The van der Waals surface area contributed by atoms with Crippen LogP contribution in [0.5, 0.6) is 0 Å². The van der Waals surface area contributed by atoms with E-state index in [2.05, 4.69) is 55.4 Å². The van der Waals surface area contributed by atoms with Crippen LogP contribution in [0.4, 0.5) is 11.6 Å². The number of carbonyl (C=O) groups is 2. The summed E-state index contributed by atoms with van der Waals surface area (Å²) in [6.07, 6.45) is 12.6. The van der Waals surface area contributed by atoms with Crippen LogP contribution < -0.4 is 9.80 Å². The van der Waals surface area contributed by atoms with Gasteiger partial charge in [0, 0.05) is 51.7 Å². The van der Waals surface area contributed by atoms with Crippen LogP contribution in [0.2, 0.25) is 5.02 Å². The third kappa shape index (κ3) is 5.76. The molecule has 8 nitrogen and oxygen atoms in total. The molecule has 0 N–H and O–H groups in total. The van der Waals surface area contributed by atoms with Gasteiger partial charge in [0.15, 0.2) is 0 Å². The maximum Gasteiger partial charge on any atom is 0.246 e. The Morgan fingerprint density at radius 2 is 2.00 bits per heavy atom. The molecule has 1 aliphatic carbocycles. The topological polar surface area (TPSA) is 72.4 Å². The predicted octanol–water partition coefficient (Wildman–Crippen LogP) is 4.69. The van der Waals surface area contributed by atoms with E-state index in [1.165, 1.54) is 11.6 Å². The first kappa shape index (κ1) is 28.9. The Hall–Kier alpha value is -3.13. The van der Waals surface area contributed by atoms with Crippen molar-refractivity contribution >= 4 is 41.4 Å². The van der Waals surface area contributed by atoms with Gasteiger partial charge in [0.05, 0.1) is 16.6 Å². The first-order chi connectivity index (χ1) is 18.9. The molecule has 3 unspecified atom stereocenters. The van der Waals surface area contributed by atoms with E-state index in [1.807, 2.05) is 6.07 Å². The number of amidine groups is 1. The summed E-state index contributed by atoms with van der Waals surface area (Å²) in [5, 5.41) is 0.553. The SMILES string of the molecule is C=CC(=O)N1CCN(/C(=N/C)c2cc(Cl)c(N3CCCC3)nc2N(C=O)C2C(CC)=CC=CC2CC)C(C)C1. The molecule has 210 valence electrons. The van der Waals surface area contributed by atoms with Gasteiger partial charge in [0.1, 0.15) is 17.5 Å². The van der Waals surface area contributed by atoms with E-state index in [1.54, 1.807) is 16.8 Å². The zero-order valence-corrected chi connectivity index (χ0v) is 24.4. The molecule has 2 aliphatic heterocycles. The summed E-state index contributed by atoms with van der Waals surface area (Å²) in [7, 11) is 1.76. The van der Waals surface area contributed by atoms with Crippen molar-refractivity contribution in [1.82, 2.24) is 14.8 Å². The summed E-state index contributed by atoms with van der Waals surface area (Å²) >= 11 is 6.92. The van der Waals surface area contributed by atoms with E-state index in [4.69, 9.17) is 21.6 Å². The molecular weight excluding hydrogens is 512 g/mol. The van der Waals surface area contributed by atoms with Gasteiger partial charge in [-0.05, 0) is 50.3 Å². The Bertz CT molecular complexity index is 1170. The molecule has 9 heteroatoms. The molecule has 0 saturated carbocycles. The fourth-order valence-electron chi connectivity index (χ4n) is 6.11. The molecule has 0 bridgehead atoms. The summed E-state index contributed by atoms with van der Waals surface area (Å²) in [5.41, 5.74) is 1.93. The number of hydrogen-bond acceptors (Lipinski definition) is 5. The van der Waals surface area contributed by atoms with Crippen LogP contribution in [0.25, 0.3) is 0 Å². The van der Waals surface area contributed by atoms with Crippen molar-refractivity contribution in [2.24, 2.45) is 10.9 Å². The average molecular weight is 553 g/mol. The number of nitrogens with zero attached hydrogens (tertiary/aromatic N) is 6. The lowest BCUT2D eigenvalue weighted by molar-refractivity contribution is -0.128. The molecular formula is C30H41ClN6O2. The maximum atomic E-state index is 13.0. The number of carbonyl (C=O) groups excluding carboxylic acids is 2. The van der Waals surface area contributed by atoms with Crippen LogP contribution in [0.3, 0.4) is 0 Å². The summed E-state index contributed by atoms with van der Waals surface area (Å²) < 4.78 is 0. The number of aromatic nitrogens is 1. The fourth-order valence-corrected chi connectivity index (χ4v) is 6.38. The molecule has 0 spiro atoms. The Morgan fingerprint density at radius 3 is 2.59 bits per heavy atom. The standard InChI is InChI=1S/C30H41ClN6O2/c1-6-22-12-11-13-23(7-2)27(22)37(20-38)29-24(18-25(31)30(33-29)34-14-9-10-15-34)28(32-5)36-17-16-35(19-21(36)4)26(39)8-3/h8,11-13,18,20-22,27H,3,6-7,9-10,14-17,19H2,1-2,4-5H3/b32-28+. The minimum atomic E-state index is -0.140. The molecule has 3 heterocycles.